The molecular formula is C12H17NO. The Morgan fingerprint density at radius 1 is 1.50 bits per heavy atom. The van der Waals surface area contributed by atoms with E-state index in [4.69, 9.17) is 10.5 Å². The zero-order valence-corrected chi connectivity index (χ0v) is 8.62. The molecule has 0 aliphatic heterocycles. The molecule has 1 aliphatic rings. The molecule has 0 saturated heterocycles. The Hall–Kier alpha value is -1.02. The summed E-state index contributed by atoms with van der Waals surface area (Å²) in [6.07, 6.45) is 3.45. The van der Waals surface area contributed by atoms with Crippen LogP contribution in [0.25, 0.3) is 0 Å². The van der Waals surface area contributed by atoms with Gasteiger partial charge in [-0.3, -0.25) is 0 Å². The first-order valence-electron chi connectivity index (χ1n) is 5.32. The zero-order valence-electron chi connectivity index (χ0n) is 8.62. The monoisotopic (exact) mass is 191 g/mol. The molecule has 76 valence electrons. The zero-order chi connectivity index (χ0) is 9.97. The van der Waals surface area contributed by atoms with Gasteiger partial charge in [0, 0.05) is 6.04 Å². The van der Waals surface area contributed by atoms with Crippen LogP contribution in [0.15, 0.2) is 18.2 Å². The highest BCUT2D eigenvalue weighted by atomic mass is 16.5. The summed E-state index contributed by atoms with van der Waals surface area (Å²) in [5.41, 5.74) is 8.70. The lowest BCUT2D eigenvalue weighted by Crippen LogP contribution is -2.17. The Morgan fingerprint density at radius 3 is 3.14 bits per heavy atom. The minimum atomic E-state index is 0.231. The van der Waals surface area contributed by atoms with Crippen LogP contribution in [-0.2, 0) is 6.42 Å². The third kappa shape index (κ3) is 1.75. The van der Waals surface area contributed by atoms with E-state index in [0.717, 1.165) is 25.2 Å². The van der Waals surface area contributed by atoms with E-state index in [9.17, 15) is 0 Å². The molecule has 2 rings (SSSR count). The van der Waals surface area contributed by atoms with Gasteiger partial charge in [0.25, 0.3) is 0 Å². The maximum absolute atomic E-state index is 6.03. The molecule has 14 heavy (non-hydrogen) atoms. The van der Waals surface area contributed by atoms with Crippen LogP contribution in [0.2, 0.25) is 0 Å². The summed E-state index contributed by atoms with van der Waals surface area (Å²) in [5, 5.41) is 0. The van der Waals surface area contributed by atoms with E-state index in [-0.39, 0.29) is 6.04 Å². The first-order chi connectivity index (χ1) is 6.81. The number of aryl methyl sites for hydroxylation is 1. The first-order valence-corrected chi connectivity index (χ1v) is 5.32. The maximum Gasteiger partial charge on any atom is 0.119 e. The molecule has 1 aromatic rings. The van der Waals surface area contributed by atoms with E-state index in [1.54, 1.807) is 0 Å². The number of fused-ring (bicyclic) bond motifs is 1. The Balaban J connectivity index is 2.29. The van der Waals surface area contributed by atoms with Gasteiger partial charge in [-0.05, 0) is 49.4 Å². The van der Waals surface area contributed by atoms with Crippen molar-refractivity contribution in [3.05, 3.63) is 29.3 Å². The average molecular weight is 191 g/mol. The Labute approximate surface area is 85.1 Å². The first kappa shape index (κ1) is 9.53. The number of benzene rings is 1. The fourth-order valence-corrected chi connectivity index (χ4v) is 2.08. The van der Waals surface area contributed by atoms with Gasteiger partial charge in [-0.1, -0.05) is 6.07 Å². The topological polar surface area (TPSA) is 35.2 Å². The van der Waals surface area contributed by atoms with E-state index in [1.807, 2.05) is 13.0 Å². The summed E-state index contributed by atoms with van der Waals surface area (Å²) in [6, 6.07) is 6.50. The van der Waals surface area contributed by atoms with Gasteiger partial charge in [0.15, 0.2) is 0 Å². The van der Waals surface area contributed by atoms with Crippen LogP contribution in [0.5, 0.6) is 5.75 Å². The van der Waals surface area contributed by atoms with Crippen molar-refractivity contribution in [1.82, 2.24) is 0 Å². The highest BCUT2D eigenvalue weighted by molar-refractivity contribution is 5.38. The second-order valence-corrected chi connectivity index (χ2v) is 3.79. The molecule has 2 N–H and O–H groups in total. The van der Waals surface area contributed by atoms with Crippen molar-refractivity contribution in [2.75, 3.05) is 6.61 Å². The number of rotatable bonds is 2. The summed E-state index contributed by atoms with van der Waals surface area (Å²) in [6.45, 7) is 2.73. The molecule has 0 saturated carbocycles. The van der Waals surface area contributed by atoms with E-state index >= 15 is 0 Å². The summed E-state index contributed by atoms with van der Waals surface area (Å²) in [4.78, 5) is 0. The lowest BCUT2D eigenvalue weighted by atomic mass is 9.88. The molecule has 1 aliphatic carbocycles. The smallest absolute Gasteiger partial charge is 0.119 e. The molecule has 0 amide bonds. The highest BCUT2D eigenvalue weighted by Gasteiger charge is 2.16. The third-order valence-corrected chi connectivity index (χ3v) is 2.79. The fourth-order valence-electron chi connectivity index (χ4n) is 2.08. The molecule has 0 radical (unpaired) electrons. The van der Waals surface area contributed by atoms with E-state index in [0.29, 0.717) is 0 Å². The largest absolute Gasteiger partial charge is 0.494 e. The van der Waals surface area contributed by atoms with Gasteiger partial charge in [-0.15, -0.1) is 0 Å². The predicted molar refractivity (Wildman–Crippen MR) is 57.5 cm³/mol. The number of ether oxygens (including phenoxy) is 1. The van der Waals surface area contributed by atoms with Crippen molar-refractivity contribution in [2.45, 2.75) is 32.2 Å². The van der Waals surface area contributed by atoms with Crippen molar-refractivity contribution in [2.24, 2.45) is 5.73 Å². The van der Waals surface area contributed by atoms with Gasteiger partial charge in [-0.2, -0.15) is 0 Å². The van der Waals surface area contributed by atoms with Gasteiger partial charge in [0.05, 0.1) is 6.61 Å². The molecule has 0 unspecified atom stereocenters. The van der Waals surface area contributed by atoms with Crippen LogP contribution in [0.1, 0.15) is 36.9 Å². The average Bonchev–Trinajstić information content (AvgIpc) is 2.18. The second kappa shape index (κ2) is 4.01. The summed E-state index contributed by atoms with van der Waals surface area (Å²) < 4.78 is 5.47. The van der Waals surface area contributed by atoms with Crippen molar-refractivity contribution in [3.8, 4) is 5.75 Å². The normalized spacial score (nSPS) is 20.3. The van der Waals surface area contributed by atoms with Crippen molar-refractivity contribution in [1.29, 1.82) is 0 Å². The van der Waals surface area contributed by atoms with Gasteiger partial charge in [-0.25, -0.2) is 0 Å². The van der Waals surface area contributed by atoms with Crippen LogP contribution in [0.3, 0.4) is 0 Å². The second-order valence-electron chi connectivity index (χ2n) is 3.79. The van der Waals surface area contributed by atoms with Gasteiger partial charge in [0.2, 0.25) is 0 Å². The Morgan fingerprint density at radius 2 is 2.36 bits per heavy atom. The van der Waals surface area contributed by atoms with Crippen molar-refractivity contribution in [3.63, 3.8) is 0 Å². The summed E-state index contributed by atoms with van der Waals surface area (Å²) >= 11 is 0. The molecule has 0 heterocycles. The van der Waals surface area contributed by atoms with Crippen LogP contribution in [-0.4, -0.2) is 6.61 Å². The van der Waals surface area contributed by atoms with E-state index < -0.39 is 0 Å². The van der Waals surface area contributed by atoms with Crippen LogP contribution >= 0.6 is 0 Å². The molecule has 1 aromatic carbocycles. The van der Waals surface area contributed by atoms with E-state index in [1.165, 1.54) is 17.5 Å². The quantitative estimate of drug-likeness (QED) is 0.779. The van der Waals surface area contributed by atoms with Gasteiger partial charge < -0.3 is 10.5 Å². The molecule has 2 nitrogen and oxygen atoms in total. The van der Waals surface area contributed by atoms with Crippen molar-refractivity contribution < 1.29 is 4.74 Å². The Kier molecular flexibility index (Phi) is 2.73. The number of hydrogen-bond donors (Lipinski definition) is 1. The minimum absolute atomic E-state index is 0.231. The van der Waals surface area contributed by atoms with Crippen LogP contribution < -0.4 is 10.5 Å². The molecule has 0 aromatic heterocycles. The molecule has 1 atom stereocenters. The lowest BCUT2D eigenvalue weighted by Gasteiger charge is -2.22. The molecule has 0 bridgehead atoms. The standard InChI is InChI=1S/C12H17NO/c1-2-14-10-6-7-11-9(8-10)4-3-5-12(11)13/h6-8,12H,2-5,13H2,1H3/t12-/m0/s1. The van der Waals surface area contributed by atoms with Gasteiger partial charge >= 0.3 is 0 Å². The summed E-state index contributed by atoms with van der Waals surface area (Å²) in [5.74, 6) is 0.973. The number of hydrogen-bond acceptors (Lipinski definition) is 2. The molecule has 2 heteroatoms. The molecular weight excluding hydrogens is 174 g/mol. The summed E-state index contributed by atoms with van der Waals surface area (Å²) in [7, 11) is 0. The molecule has 0 fully saturated rings. The minimum Gasteiger partial charge on any atom is -0.494 e. The van der Waals surface area contributed by atoms with Gasteiger partial charge in [0.1, 0.15) is 5.75 Å². The van der Waals surface area contributed by atoms with Crippen LogP contribution in [0.4, 0.5) is 0 Å². The highest BCUT2D eigenvalue weighted by Crippen LogP contribution is 2.30. The fraction of sp³-hybridized carbons (Fsp3) is 0.500. The van der Waals surface area contributed by atoms with E-state index in [2.05, 4.69) is 12.1 Å². The maximum atomic E-state index is 6.03. The Bertz CT molecular complexity index is 322. The number of nitrogens with two attached hydrogens (primary N) is 1. The van der Waals surface area contributed by atoms with Crippen LogP contribution in [0, 0.1) is 0 Å². The van der Waals surface area contributed by atoms with Crippen molar-refractivity contribution >= 4 is 0 Å². The molecule has 0 spiro atoms. The SMILES string of the molecule is CCOc1ccc2c(c1)CCC[C@@H]2N. The lowest BCUT2D eigenvalue weighted by molar-refractivity contribution is 0.339. The third-order valence-electron chi connectivity index (χ3n) is 2.79. The predicted octanol–water partition coefficient (Wildman–Crippen LogP) is 2.42.